The van der Waals surface area contributed by atoms with Crippen LogP contribution in [0.5, 0.6) is 5.75 Å². The Balaban J connectivity index is 1.59. The third-order valence-corrected chi connectivity index (χ3v) is 6.22. The molecule has 1 fully saturated rings. The van der Waals surface area contributed by atoms with E-state index in [-0.39, 0.29) is 49.9 Å². The van der Waals surface area contributed by atoms with Crippen LogP contribution in [0.3, 0.4) is 0 Å². The van der Waals surface area contributed by atoms with E-state index in [1.165, 1.54) is 22.6 Å². The monoisotopic (exact) mass is 489 g/mol. The fraction of sp³-hybridized carbons (Fsp3) is 0.417. The van der Waals surface area contributed by atoms with E-state index < -0.39 is 34.6 Å². The maximum Gasteiger partial charge on any atom is 0.343 e. The molecule has 4 rings (SSSR count). The first-order valence-corrected chi connectivity index (χ1v) is 11.3. The molecule has 1 saturated heterocycles. The molecule has 0 unspecified atom stereocenters. The standard InChI is InChI=1S/C24H25F2N3O6/c1-34-24(33)22-18-6-8-28(23(32)16-13-15(25)4-5-17(16)26)9-10-29(18)21(31)14-19(22)35-12-11-27-7-2-3-20(27)30/h4-5,13-14H,2-3,6-12H2,1H3. The van der Waals surface area contributed by atoms with E-state index in [2.05, 4.69) is 0 Å². The topological polar surface area (TPSA) is 98.2 Å². The van der Waals surface area contributed by atoms with Crippen molar-refractivity contribution < 1.29 is 32.6 Å². The molecule has 0 bridgehead atoms. The Morgan fingerprint density at radius 2 is 1.83 bits per heavy atom. The smallest absolute Gasteiger partial charge is 0.343 e. The van der Waals surface area contributed by atoms with Crippen molar-refractivity contribution in [1.29, 1.82) is 0 Å². The number of ether oxygens (including phenoxy) is 2. The molecule has 2 aromatic rings. The minimum Gasteiger partial charge on any atom is -0.491 e. The Bertz CT molecular complexity index is 1230. The van der Waals surface area contributed by atoms with Gasteiger partial charge < -0.3 is 23.8 Å². The Morgan fingerprint density at radius 3 is 2.54 bits per heavy atom. The Hall–Kier alpha value is -3.76. The molecule has 2 aliphatic heterocycles. The van der Waals surface area contributed by atoms with Gasteiger partial charge in [-0.05, 0) is 24.6 Å². The van der Waals surface area contributed by atoms with Crippen LogP contribution in [0.15, 0.2) is 29.1 Å². The zero-order valence-corrected chi connectivity index (χ0v) is 19.2. The second kappa shape index (κ2) is 10.2. The van der Waals surface area contributed by atoms with Crippen LogP contribution in [0.25, 0.3) is 0 Å². The van der Waals surface area contributed by atoms with Gasteiger partial charge >= 0.3 is 5.97 Å². The average molecular weight is 489 g/mol. The van der Waals surface area contributed by atoms with Gasteiger partial charge in [0, 0.05) is 50.8 Å². The molecular formula is C24H25F2N3O6. The number of likely N-dealkylation sites (tertiary alicyclic amines) is 1. The fourth-order valence-electron chi connectivity index (χ4n) is 4.43. The number of pyridine rings is 1. The van der Waals surface area contributed by atoms with E-state index in [4.69, 9.17) is 9.47 Å². The van der Waals surface area contributed by atoms with Crippen molar-refractivity contribution in [3.8, 4) is 5.75 Å². The Morgan fingerprint density at radius 1 is 1.03 bits per heavy atom. The number of aromatic nitrogens is 1. The van der Waals surface area contributed by atoms with Crippen molar-refractivity contribution in [2.24, 2.45) is 0 Å². The molecule has 1 aromatic carbocycles. The lowest BCUT2D eigenvalue weighted by molar-refractivity contribution is -0.128. The van der Waals surface area contributed by atoms with E-state index in [0.717, 1.165) is 24.6 Å². The highest BCUT2D eigenvalue weighted by atomic mass is 19.1. The number of methoxy groups -OCH3 is 1. The van der Waals surface area contributed by atoms with Crippen LogP contribution in [0, 0.1) is 11.6 Å². The number of amides is 2. The molecule has 0 spiro atoms. The molecule has 9 nitrogen and oxygen atoms in total. The summed E-state index contributed by atoms with van der Waals surface area (Å²) in [5.74, 6) is -2.95. The van der Waals surface area contributed by atoms with E-state index >= 15 is 0 Å². The zero-order valence-electron chi connectivity index (χ0n) is 19.2. The highest BCUT2D eigenvalue weighted by Gasteiger charge is 2.29. The summed E-state index contributed by atoms with van der Waals surface area (Å²) in [6, 6.07) is 3.83. The number of fused-ring (bicyclic) bond motifs is 1. The van der Waals surface area contributed by atoms with E-state index in [0.29, 0.717) is 25.2 Å². The van der Waals surface area contributed by atoms with Crippen molar-refractivity contribution in [2.45, 2.75) is 25.8 Å². The SMILES string of the molecule is COC(=O)c1c(OCCN2CCCC2=O)cc(=O)n2c1CCN(C(=O)c1cc(F)ccc1F)CC2. The van der Waals surface area contributed by atoms with Crippen LogP contribution in [0.1, 0.15) is 39.3 Å². The number of hydrogen-bond acceptors (Lipinski definition) is 6. The molecule has 1 aromatic heterocycles. The van der Waals surface area contributed by atoms with Gasteiger partial charge in [0.15, 0.2) is 0 Å². The molecule has 0 radical (unpaired) electrons. The van der Waals surface area contributed by atoms with Gasteiger partial charge in [-0.3, -0.25) is 14.4 Å². The van der Waals surface area contributed by atoms with Crippen LogP contribution in [-0.2, 0) is 22.5 Å². The molecule has 0 aliphatic carbocycles. The molecule has 2 aliphatic rings. The van der Waals surface area contributed by atoms with Gasteiger partial charge in [-0.15, -0.1) is 0 Å². The first-order valence-electron chi connectivity index (χ1n) is 11.3. The van der Waals surface area contributed by atoms with Crippen LogP contribution < -0.4 is 10.3 Å². The average Bonchev–Trinajstić information content (AvgIpc) is 3.11. The van der Waals surface area contributed by atoms with Gasteiger partial charge in [0.2, 0.25) is 5.91 Å². The normalized spacial score (nSPS) is 15.6. The Labute approximate surface area is 199 Å². The minimum absolute atomic E-state index is 0.0308. The number of hydrogen-bond donors (Lipinski definition) is 0. The number of rotatable bonds is 6. The molecule has 0 saturated carbocycles. The van der Waals surface area contributed by atoms with Gasteiger partial charge in [-0.2, -0.15) is 0 Å². The quantitative estimate of drug-likeness (QED) is 0.572. The van der Waals surface area contributed by atoms with Gasteiger partial charge in [-0.1, -0.05) is 0 Å². The summed E-state index contributed by atoms with van der Waals surface area (Å²) >= 11 is 0. The highest BCUT2D eigenvalue weighted by Crippen LogP contribution is 2.25. The predicted octanol–water partition coefficient (Wildman–Crippen LogP) is 1.61. The van der Waals surface area contributed by atoms with Crippen LogP contribution >= 0.6 is 0 Å². The molecular weight excluding hydrogens is 464 g/mol. The third-order valence-electron chi connectivity index (χ3n) is 6.22. The van der Waals surface area contributed by atoms with Gasteiger partial charge in [0.1, 0.15) is 29.6 Å². The number of esters is 1. The molecule has 0 N–H and O–H groups in total. The summed E-state index contributed by atoms with van der Waals surface area (Å²) in [6.45, 7) is 1.20. The largest absolute Gasteiger partial charge is 0.491 e. The lowest BCUT2D eigenvalue weighted by atomic mass is 10.1. The first kappa shape index (κ1) is 24.4. The van der Waals surface area contributed by atoms with Crippen molar-refractivity contribution in [3.63, 3.8) is 0 Å². The Kier molecular flexibility index (Phi) is 7.13. The first-order chi connectivity index (χ1) is 16.8. The second-order valence-corrected chi connectivity index (χ2v) is 8.31. The van der Waals surface area contributed by atoms with E-state index in [9.17, 15) is 28.0 Å². The fourth-order valence-corrected chi connectivity index (χ4v) is 4.43. The number of benzene rings is 1. The van der Waals surface area contributed by atoms with Crippen LogP contribution in [0.4, 0.5) is 8.78 Å². The maximum absolute atomic E-state index is 14.2. The summed E-state index contributed by atoms with van der Waals surface area (Å²) in [5.41, 5.74) is -0.458. The summed E-state index contributed by atoms with van der Waals surface area (Å²) in [4.78, 5) is 53.2. The highest BCUT2D eigenvalue weighted by molar-refractivity contribution is 5.95. The van der Waals surface area contributed by atoms with Gasteiger partial charge in [-0.25, -0.2) is 13.6 Å². The lowest BCUT2D eigenvalue weighted by Gasteiger charge is -2.20. The van der Waals surface area contributed by atoms with Crippen molar-refractivity contribution in [1.82, 2.24) is 14.4 Å². The summed E-state index contributed by atoms with van der Waals surface area (Å²) in [7, 11) is 1.20. The minimum atomic E-state index is -0.849. The lowest BCUT2D eigenvalue weighted by Crippen LogP contribution is -2.34. The molecule has 3 heterocycles. The molecule has 186 valence electrons. The van der Waals surface area contributed by atoms with Crippen LogP contribution in [-0.4, -0.2) is 72.0 Å². The maximum atomic E-state index is 14.2. The van der Waals surface area contributed by atoms with Gasteiger partial charge in [0.05, 0.1) is 19.2 Å². The zero-order chi connectivity index (χ0) is 25.1. The third kappa shape index (κ3) is 5.03. The summed E-state index contributed by atoms with van der Waals surface area (Å²) in [5, 5.41) is 0. The van der Waals surface area contributed by atoms with Crippen molar-refractivity contribution >= 4 is 17.8 Å². The second-order valence-electron chi connectivity index (χ2n) is 8.31. The van der Waals surface area contributed by atoms with E-state index in [1.54, 1.807) is 4.90 Å². The molecule has 11 heteroatoms. The van der Waals surface area contributed by atoms with Crippen LogP contribution in [0.2, 0.25) is 0 Å². The number of carbonyl (C=O) groups is 3. The predicted molar refractivity (Wildman–Crippen MR) is 119 cm³/mol. The molecule has 35 heavy (non-hydrogen) atoms. The number of nitrogens with zero attached hydrogens (tertiary/aromatic N) is 3. The molecule has 2 amide bonds. The van der Waals surface area contributed by atoms with Gasteiger partial charge in [0.25, 0.3) is 11.5 Å². The summed E-state index contributed by atoms with van der Waals surface area (Å²) < 4.78 is 39.8. The summed E-state index contributed by atoms with van der Waals surface area (Å²) in [6.07, 6.45) is 1.35. The molecule has 0 atom stereocenters. The van der Waals surface area contributed by atoms with Crippen molar-refractivity contribution in [3.05, 3.63) is 63.1 Å². The van der Waals surface area contributed by atoms with E-state index in [1.807, 2.05) is 0 Å². The number of carbonyl (C=O) groups excluding carboxylic acids is 3. The number of halogens is 2. The van der Waals surface area contributed by atoms with Crippen molar-refractivity contribution in [2.75, 3.05) is 39.9 Å².